The number of nitrogens with one attached hydrogen (secondary N) is 2. The van der Waals surface area contributed by atoms with Gasteiger partial charge in [-0.15, -0.1) is 12.4 Å². The van der Waals surface area contributed by atoms with E-state index < -0.39 is 4.92 Å². The van der Waals surface area contributed by atoms with Gasteiger partial charge in [0, 0.05) is 31.8 Å². The van der Waals surface area contributed by atoms with Crippen LogP contribution in [-0.4, -0.2) is 43.2 Å². The van der Waals surface area contributed by atoms with Gasteiger partial charge in [-0.25, -0.2) is 0 Å². The molecule has 122 valence electrons. The number of carbonyl (C=O) groups is 1. The molecular formula is C14H20ClN3O4. The van der Waals surface area contributed by atoms with Crippen LogP contribution in [0.2, 0.25) is 0 Å². The first-order chi connectivity index (χ1) is 10.1. The van der Waals surface area contributed by atoms with E-state index in [-0.39, 0.29) is 30.1 Å². The molecule has 2 rings (SSSR count). The molecule has 1 aromatic rings. The second-order valence-corrected chi connectivity index (χ2v) is 4.92. The number of nitro groups is 1. The minimum Gasteiger partial charge on any atom is -0.375 e. The Hall–Kier alpha value is -1.70. The third kappa shape index (κ3) is 5.97. The predicted octanol–water partition coefficient (Wildman–Crippen LogP) is 1.05. The molecule has 1 amide bonds. The molecule has 2 N–H and O–H groups in total. The molecule has 0 aromatic heterocycles. The number of carbonyl (C=O) groups excluding carboxylic acids is 1. The number of benzene rings is 1. The van der Waals surface area contributed by atoms with Crippen LogP contribution < -0.4 is 10.6 Å². The fourth-order valence-electron chi connectivity index (χ4n) is 2.16. The number of hydrogen-bond donors (Lipinski definition) is 2. The molecule has 0 radical (unpaired) electrons. The Morgan fingerprint density at radius 1 is 1.41 bits per heavy atom. The van der Waals surface area contributed by atoms with E-state index in [0.717, 1.165) is 12.1 Å². The van der Waals surface area contributed by atoms with Crippen LogP contribution in [0.1, 0.15) is 12.0 Å². The van der Waals surface area contributed by atoms with Crippen molar-refractivity contribution in [2.75, 3.05) is 26.2 Å². The molecule has 1 aliphatic rings. The molecule has 0 bridgehead atoms. The standard InChI is InChI=1S/C14H19N3O4.ClH/c18-14(9-13-10-15-7-8-21-13)16-6-5-11-1-3-12(4-2-11)17(19)20;/h1-4,13,15H,5-10H2,(H,16,18);1H. The van der Waals surface area contributed by atoms with Gasteiger partial charge in [0.2, 0.25) is 5.91 Å². The summed E-state index contributed by atoms with van der Waals surface area (Å²) < 4.78 is 5.46. The van der Waals surface area contributed by atoms with Gasteiger partial charge in [-0.2, -0.15) is 0 Å². The van der Waals surface area contributed by atoms with Crippen LogP contribution >= 0.6 is 12.4 Å². The van der Waals surface area contributed by atoms with Crippen molar-refractivity contribution in [1.82, 2.24) is 10.6 Å². The van der Waals surface area contributed by atoms with Crippen LogP contribution in [0.4, 0.5) is 5.69 Å². The lowest BCUT2D eigenvalue weighted by molar-refractivity contribution is -0.384. The Morgan fingerprint density at radius 2 is 2.14 bits per heavy atom. The minimum absolute atomic E-state index is 0. The number of ether oxygens (including phenoxy) is 1. The highest BCUT2D eigenvalue weighted by atomic mass is 35.5. The number of hydrogen-bond acceptors (Lipinski definition) is 5. The largest absolute Gasteiger partial charge is 0.375 e. The quantitative estimate of drug-likeness (QED) is 0.601. The molecule has 1 unspecified atom stereocenters. The Labute approximate surface area is 135 Å². The van der Waals surface area contributed by atoms with E-state index in [0.29, 0.717) is 32.5 Å². The summed E-state index contributed by atoms with van der Waals surface area (Å²) in [7, 11) is 0. The first-order valence-electron chi connectivity index (χ1n) is 6.97. The van der Waals surface area contributed by atoms with Crippen molar-refractivity contribution in [2.24, 2.45) is 0 Å². The summed E-state index contributed by atoms with van der Waals surface area (Å²) in [5, 5.41) is 16.5. The molecule has 0 saturated carbocycles. The Kier molecular flexibility index (Phi) is 7.79. The van der Waals surface area contributed by atoms with Crippen LogP contribution in [-0.2, 0) is 16.0 Å². The summed E-state index contributed by atoms with van der Waals surface area (Å²) in [6.07, 6.45) is 0.943. The van der Waals surface area contributed by atoms with Gasteiger partial charge in [-0.05, 0) is 12.0 Å². The van der Waals surface area contributed by atoms with E-state index in [1.165, 1.54) is 12.1 Å². The van der Waals surface area contributed by atoms with E-state index >= 15 is 0 Å². The lowest BCUT2D eigenvalue weighted by atomic mass is 10.1. The smallest absolute Gasteiger partial charge is 0.269 e. The molecule has 7 nitrogen and oxygen atoms in total. The van der Waals surface area contributed by atoms with Gasteiger partial charge in [0.05, 0.1) is 24.1 Å². The number of amides is 1. The van der Waals surface area contributed by atoms with Gasteiger partial charge in [-0.3, -0.25) is 14.9 Å². The van der Waals surface area contributed by atoms with Crippen molar-refractivity contribution in [3.8, 4) is 0 Å². The highest BCUT2D eigenvalue weighted by Crippen LogP contribution is 2.12. The number of rotatable bonds is 6. The van der Waals surface area contributed by atoms with Crippen LogP contribution in [0.15, 0.2) is 24.3 Å². The zero-order valence-corrected chi connectivity index (χ0v) is 12.9. The van der Waals surface area contributed by atoms with Crippen molar-refractivity contribution in [2.45, 2.75) is 18.9 Å². The molecule has 8 heteroatoms. The highest BCUT2D eigenvalue weighted by Gasteiger charge is 2.16. The van der Waals surface area contributed by atoms with E-state index in [1.807, 2.05) is 0 Å². The van der Waals surface area contributed by atoms with Gasteiger partial charge in [0.25, 0.3) is 5.69 Å². The summed E-state index contributed by atoms with van der Waals surface area (Å²) >= 11 is 0. The average Bonchev–Trinajstić information content (AvgIpc) is 2.49. The van der Waals surface area contributed by atoms with E-state index in [1.54, 1.807) is 12.1 Å². The second-order valence-electron chi connectivity index (χ2n) is 4.92. The fourth-order valence-corrected chi connectivity index (χ4v) is 2.16. The summed E-state index contributed by atoms with van der Waals surface area (Å²) in [5.41, 5.74) is 1.03. The lowest BCUT2D eigenvalue weighted by Crippen LogP contribution is -2.41. The molecule has 0 aliphatic carbocycles. The zero-order chi connectivity index (χ0) is 15.1. The van der Waals surface area contributed by atoms with Gasteiger partial charge >= 0.3 is 0 Å². The molecule has 1 aromatic carbocycles. The second kappa shape index (κ2) is 9.34. The van der Waals surface area contributed by atoms with Crippen molar-refractivity contribution < 1.29 is 14.5 Å². The number of nitro benzene ring substituents is 1. The predicted molar refractivity (Wildman–Crippen MR) is 84.3 cm³/mol. The third-order valence-electron chi connectivity index (χ3n) is 3.30. The fraction of sp³-hybridized carbons (Fsp3) is 0.500. The Balaban J connectivity index is 0.00000242. The molecule has 1 atom stereocenters. The number of halogens is 1. The number of nitrogens with zero attached hydrogens (tertiary/aromatic N) is 1. The minimum atomic E-state index is -0.427. The molecule has 0 spiro atoms. The molecule has 1 fully saturated rings. The van der Waals surface area contributed by atoms with Gasteiger partial charge in [0.1, 0.15) is 0 Å². The third-order valence-corrected chi connectivity index (χ3v) is 3.30. The highest BCUT2D eigenvalue weighted by molar-refractivity contribution is 5.85. The summed E-state index contributed by atoms with van der Waals surface area (Å²) in [6.45, 7) is 2.69. The first kappa shape index (κ1) is 18.3. The van der Waals surface area contributed by atoms with Gasteiger partial charge in [0.15, 0.2) is 0 Å². The SMILES string of the molecule is Cl.O=C(CC1CNCCO1)NCCc1ccc([N+](=O)[O-])cc1. The Morgan fingerprint density at radius 3 is 2.73 bits per heavy atom. The van der Waals surface area contributed by atoms with E-state index in [4.69, 9.17) is 4.74 Å². The van der Waals surface area contributed by atoms with Crippen LogP contribution in [0.3, 0.4) is 0 Å². The molecular weight excluding hydrogens is 310 g/mol. The van der Waals surface area contributed by atoms with Crippen molar-refractivity contribution >= 4 is 24.0 Å². The van der Waals surface area contributed by atoms with Crippen molar-refractivity contribution in [1.29, 1.82) is 0 Å². The maximum absolute atomic E-state index is 11.7. The van der Waals surface area contributed by atoms with Gasteiger partial charge in [-0.1, -0.05) is 12.1 Å². The van der Waals surface area contributed by atoms with Crippen molar-refractivity contribution in [3.63, 3.8) is 0 Å². The summed E-state index contributed by atoms with van der Waals surface area (Å²) in [6, 6.07) is 6.36. The van der Waals surface area contributed by atoms with Crippen LogP contribution in [0, 0.1) is 10.1 Å². The maximum Gasteiger partial charge on any atom is 0.269 e. The summed E-state index contributed by atoms with van der Waals surface area (Å²) in [4.78, 5) is 21.8. The van der Waals surface area contributed by atoms with Crippen LogP contribution in [0.25, 0.3) is 0 Å². The van der Waals surface area contributed by atoms with Crippen molar-refractivity contribution in [3.05, 3.63) is 39.9 Å². The maximum atomic E-state index is 11.7. The number of morpholine rings is 1. The average molecular weight is 330 g/mol. The monoisotopic (exact) mass is 329 g/mol. The topological polar surface area (TPSA) is 93.5 Å². The molecule has 22 heavy (non-hydrogen) atoms. The lowest BCUT2D eigenvalue weighted by Gasteiger charge is -2.23. The number of non-ortho nitro benzene ring substituents is 1. The summed E-state index contributed by atoms with van der Waals surface area (Å²) in [5.74, 6) is -0.0365. The Bertz CT molecular complexity index is 489. The van der Waals surface area contributed by atoms with E-state index in [2.05, 4.69) is 10.6 Å². The normalized spacial score (nSPS) is 17.4. The van der Waals surface area contributed by atoms with Crippen LogP contribution in [0.5, 0.6) is 0 Å². The van der Waals surface area contributed by atoms with Gasteiger partial charge < -0.3 is 15.4 Å². The molecule has 1 aliphatic heterocycles. The molecule has 1 saturated heterocycles. The first-order valence-corrected chi connectivity index (χ1v) is 6.97. The zero-order valence-electron chi connectivity index (χ0n) is 12.1. The molecule has 1 heterocycles. The van der Waals surface area contributed by atoms with E-state index in [9.17, 15) is 14.9 Å².